The van der Waals surface area contributed by atoms with Gasteiger partial charge in [-0.2, -0.15) is 0 Å². The summed E-state index contributed by atoms with van der Waals surface area (Å²) in [4.78, 5) is 30.2. The van der Waals surface area contributed by atoms with Crippen LogP contribution in [-0.2, 0) is 19.4 Å². The Kier molecular flexibility index (Phi) is 5.16. The molecule has 8 nitrogen and oxygen atoms in total. The van der Waals surface area contributed by atoms with Crippen LogP contribution < -0.4 is 10.6 Å². The second-order valence-corrected chi connectivity index (χ2v) is 7.08. The summed E-state index contributed by atoms with van der Waals surface area (Å²) in [6.45, 7) is 4.44. The van der Waals surface area contributed by atoms with Gasteiger partial charge < -0.3 is 19.7 Å². The number of imidazole rings is 1. The first-order valence-electron chi connectivity index (χ1n) is 9.80. The van der Waals surface area contributed by atoms with Crippen LogP contribution in [0.4, 0.5) is 11.5 Å². The molecule has 2 aromatic heterocycles. The zero-order valence-electron chi connectivity index (χ0n) is 16.5. The Morgan fingerprint density at radius 3 is 2.76 bits per heavy atom. The van der Waals surface area contributed by atoms with E-state index in [1.54, 1.807) is 13.0 Å². The standard InChI is InChI=1S/C21H23N5O3/c1-3-14-8-4-5-9-15(14)22-20(27)18-16-10-6-7-11-26(16)19(24-18)21(28)23-17-12-13(2)29-25-17/h4-5,8-9,12H,3,6-7,10-11H2,1-2H3,(H,22,27)(H,23,25,28). The number of hydrogen-bond donors (Lipinski definition) is 2. The SMILES string of the molecule is CCc1ccccc1NC(=O)c1nc(C(=O)Nc2cc(C)on2)n2c1CCCC2. The molecular weight excluding hydrogens is 370 g/mol. The fourth-order valence-corrected chi connectivity index (χ4v) is 3.63. The van der Waals surface area contributed by atoms with E-state index in [0.717, 1.165) is 36.2 Å². The molecule has 0 unspecified atom stereocenters. The highest BCUT2D eigenvalue weighted by Crippen LogP contribution is 2.24. The normalized spacial score (nSPS) is 13.0. The molecule has 1 aromatic carbocycles. The van der Waals surface area contributed by atoms with Gasteiger partial charge in [0.25, 0.3) is 11.8 Å². The number of carbonyl (C=O) groups is 2. The number of amides is 2. The maximum atomic E-state index is 13.0. The van der Waals surface area contributed by atoms with E-state index in [1.807, 2.05) is 35.8 Å². The van der Waals surface area contributed by atoms with Gasteiger partial charge in [0.2, 0.25) is 0 Å². The highest BCUT2D eigenvalue weighted by atomic mass is 16.5. The fourth-order valence-electron chi connectivity index (χ4n) is 3.63. The Labute approximate surface area is 168 Å². The van der Waals surface area contributed by atoms with Gasteiger partial charge >= 0.3 is 0 Å². The lowest BCUT2D eigenvalue weighted by Gasteiger charge is -2.17. The molecule has 0 saturated heterocycles. The summed E-state index contributed by atoms with van der Waals surface area (Å²) in [5.41, 5.74) is 2.91. The fraction of sp³-hybridized carbons (Fsp3) is 0.333. The molecule has 1 aliphatic heterocycles. The van der Waals surface area contributed by atoms with Gasteiger partial charge in [-0.1, -0.05) is 30.3 Å². The lowest BCUT2D eigenvalue weighted by molar-refractivity contribution is 0.101. The summed E-state index contributed by atoms with van der Waals surface area (Å²) in [6.07, 6.45) is 3.41. The predicted molar refractivity (Wildman–Crippen MR) is 108 cm³/mol. The molecule has 3 heterocycles. The van der Waals surface area contributed by atoms with Crippen molar-refractivity contribution in [3.05, 3.63) is 58.9 Å². The van der Waals surface area contributed by atoms with E-state index >= 15 is 0 Å². The molecule has 0 radical (unpaired) electrons. The van der Waals surface area contributed by atoms with E-state index in [2.05, 4.69) is 20.8 Å². The monoisotopic (exact) mass is 393 g/mol. The number of para-hydroxylation sites is 1. The molecule has 2 amide bonds. The summed E-state index contributed by atoms with van der Waals surface area (Å²) < 4.78 is 6.83. The van der Waals surface area contributed by atoms with Crippen molar-refractivity contribution in [1.82, 2.24) is 14.7 Å². The van der Waals surface area contributed by atoms with E-state index in [9.17, 15) is 9.59 Å². The van der Waals surface area contributed by atoms with Crippen molar-refractivity contribution in [2.45, 2.75) is 46.1 Å². The molecular formula is C21H23N5O3. The maximum Gasteiger partial charge on any atom is 0.292 e. The molecule has 0 saturated carbocycles. The van der Waals surface area contributed by atoms with Crippen LogP contribution in [0.15, 0.2) is 34.9 Å². The third kappa shape index (κ3) is 3.78. The van der Waals surface area contributed by atoms with Gasteiger partial charge in [0.15, 0.2) is 17.3 Å². The Balaban J connectivity index is 1.63. The van der Waals surface area contributed by atoms with Crippen LogP contribution in [0.2, 0.25) is 0 Å². The van der Waals surface area contributed by atoms with Crippen LogP contribution in [0.1, 0.15) is 57.9 Å². The number of fused-ring (bicyclic) bond motifs is 1. The molecule has 4 rings (SSSR count). The minimum absolute atomic E-state index is 0.217. The second-order valence-electron chi connectivity index (χ2n) is 7.08. The average Bonchev–Trinajstić information content (AvgIpc) is 3.32. The van der Waals surface area contributed by atoms with E-state index in [0.29, 0.717) is 30.2 Å². The van der Waals surface area contributed by atoms with Crippen molar-refractivity contribution in [3.8, 4) is 0 Å². The van der Waals surface area contributed by atoms with Gasteiger partial charge in [-0.25, -0.2) is 4.98 Å². The molecule has 3 aromatic rings. The van der Waals surface area contributed by atoms with Crippen LogP contribution in [0.25, 0.3) is 0 Å². The van der Waals surface area contributed by atoms with Gasteiger partial charge in [0.1, 0.15) is 5.76 Å². The van der Waals surface area contributed by atoms with Gasteiger partial charge in [-0.15, -0.1) is 0 Å². The molecule has 0 spiro atoms. The predicted octanol–water partition coefficient (Wildman–Crippen LogP) is 3.58. The number of aryl methyl sites for hydroxylation is 2. The van der Waals surface area contributed by atoms with Crippen molar-refractivity contribution in [2.75, 3.05) is 10.6 Å². The summed E-state index contributed by atoms with van der Waals surface area (Å²) >= 11 is 0. The van der Waals surface area contributed by atoms with Crippen molar-refractivity contribution in [2.24, 2.45) is 0 Å². The molecule has 0 bridgehead atoms. The zero-order valence-corrected chi connectivity index (χ0v) is 16.5. The minimum atomic E-state index is -0.408. The Morgan fingerprint density at radius 2 is 2.00 bits per heavy atom. The number of rotatable bonds is 5. The molecule has 1 aliphatic rings. The van der Waals surface area contributed by atoms with E-state index < -0.39 is 5.91 Å². The molecule has 0 aliphatic carbocycles. The van der Waals surface area contributed by atoms with Gasteiger partial charge in [-0.05, 0) is 44.2 Å². The number of nitrogens with one attached hydrogen (secondary N) is 2. The highest BCUT2D eigenvalue weighted by molar-refractivity contribution is 6.07. The minimum Gasteiger partial charge on any atom is -0.360 e. The van der Waals surface area contributed by atoms with Crippen LogP contribution in [0.3, 0.4) is 0 Å². The molecule has 0 fully saturated rings. The molecule has 8 heteroatoms. The second kappa shape index (κ2) is 7.90. The molecule has 29 heavy (non-hydrogen) atoms. The average molecular weight is 393 g/mol. The van der Waals surface area contributed by atoms with Crippen LogP contribution >= 0.6 is 0 Å². The van der Waals surface area contributed by atoms with Crippen molar-refractivity contribution in [3.63, 3.8) is 0 Å². The lowest BCUT2D eigenvalue weighted by Crippen LogP contribution is -2.21. The van der Waals surface area contributed by atoms with Crippen LogP contribution in [0, 0.1) is 6.92 Å². The van der Waals surface area contributed by atoms with Crippen LogP contribution in [-0.4, -0.2) is 26.5 Å². The highest BCUT2D eigenvalue weighted by Gasteiger charge is 2.28. The summed E-state index contributed by atoms with van der Waals surface area (Å²) in [5.74, 6) is 0.431. The lowest BCUT2D eigenvalue weighted by atomic mass is 10.1. The quantitative estimate of drug-likeness (QED) is 0.690. The maximum absolute atomic E-state index is 13.0. The first-order valence-corrected chi connectivity index (χ1v) is 9.80. The number of aromatic nitrogens is 3. The molecule has 0 atom stereocenters. The Bertz CT molecular complexity index is 1070. The summed E-state index contributed by atoms with van der Waals surface area (Å²) in [6, 6.07) is 9.32. The van der Waals surface area contributed by atoms with Crippen molar-refractivity contribution < 1.29 is 14.1 Å². The molecule has 150 valence electrons. The van der Waals surface area contributed by atoms with Gasteiger partial charge in [-0.3, -0.25) is 9.59 Å². The van der Waals surface area contributed by atoms with Crippen molar-refractivity contribution >= 4 is 23.3 Å². The van der Waals surface area contributed by atoms with Crippen molar-refractivity contribution in [1.29, 1.82) is 0 Å². The Hall–Kier alpha value is -3.42. The van der Waals surface area contributed by atoms with E-state index in [-0.39, 0.29) is 11.7 Å². The summed E-state index contributed by atoms with van der Waals surface area (Å²) in [5, 5.41) is 9.44. The summed E-state index contributed by atoms with van der Waals surface area (Å²) in [7, 11) is 0. The number of nitrogens with zero attached hydrogens (tertiary/aromatic N) is 3. The third-order valence-electron chi connectivity index (χ3n) is 5.05. The number of hydrogen-bond acceptors (Lipinski definition) is 5. The van der Waals surface area contributed by atoms with E-state index in [4.69, 9.17) is 4.52 Å². The Morgan fingerprint density at radius 1 is 1.17 bits per heavy atom. The first-order chi connectivity index (χ1) is 14.1. The number of anilines is 2. The van der Waals surface area contributed by atoms with E-state index in [1.165, 1.54) is 0 Å². The largest absolute Gasteiger partial charge is 0.360 e. The first kappa shape index (κ1) is 18.9. The smallest absolute Gasteiger partial charge is 0.292 e. The zero-order chi connectivity index (χ0) is 20.4. The number of benzene rings is 1. The topological polar surface area (TPSA) is 102 Å². The number of carbonyl (C=O) groups excluding carboxylic acids is 2. The van der Waals surface area contributed by atoms with Crippen LogP contribution in [0.5, 0.6) is 0 Å². The third-order valence-corrected chi connectivity index (χ3v) is 5.05. The van der Waals surface area contributed by atoms with Gasteiger partial charge in [0, 0.05) is 18.3 Å². The molecule has 2 N–H and O–H groups in total. The van der Waals surface area contributed by atoms with Gasteiger partial charge in [0.05, 0.1) is 5.69 Å².